The highest BCUT2D eigenvalue weighted by Gasteiger charge is 2.04. The van der Waals surface area contributed by atoms with Crippen molar-refractivity contribution in [3.63, 3.8) is 0 Å². The van der Waals surface area contributed by atoms with Crippen LogP contribution in [0.3, 0.4) is 0 Å². The minimum Gasteiger partial charge on any atom is -0.491 e. The number of para-hydroxylation sites is 1. The van der Waals surface area contributed by atoms with Gasteiger partial charge in [0, 0.05) is 12.2 Å². The zero-order valence-corrected chi connectivity index (χ0v) is 16.7. The van der Waals surface area contributed by atoms with E-state index in [1.54, 1.807) is 0 Å². The first-order valence-electron chi connectivity index (χ1n) is 9.67. The Labute approximate surface area is 171 Å². The Kier molecular flexibility index (Phi) is 7.25. The summed E-state index contributed by atoms with van der Waals surface area (Å²) in [5.74, 6) is 2.25. The predicted molar refractivity (Wildman–Crippen MR) is 116 cm³/mol. The number of carbonyl (C=O) groups is 1. The van der Waals surface area contributed by atoms with E-state index in [0.29, 0.717) is 6.54 Å². The summed E-state index contributed by atoms with van der Waals surface area (Å²) < 4.78 is 11.4. The molecule has 0 aliphatic heterocycles. The largest absolute Gasteiger partial charge is 0.491 e. The standard InChI is InChI=1S/C24H26N2O3/c1-18(2)28-22-12-8-19(9-13-22)16-25-17-24(27)26-20-10-14-23(15-11-20)29-21-6-4-3-5-7-21/h3-15,18,25H,16-17H2,1-2H3,(H,26,27). The van der Waals surface area contributed by atoms with E-state index in [4.69, 9.17) is 9.47 Å². The first kappa shape index (κ1) is 20.4. The van der Waals surface area contributed by atoms with Gasteiger partial charge in [-0.1, -0.05) is 30.3 Å². The van der Waals surface area contributed by atoms with Gasteiger partial charge in [0.25, 0.3) is 0 Å². The third-order valence-electron chi connectivity index (χ3n) is 4.03. The molecule has 2 N–H and O–H groups in total. The molecule has 5 heteroatoms. The van der Waals surface area contributed by atoms with Crippen LogP contribution in [0.2, 0.25) is 0 Å². The number of carbonyl (C=O) groups excluding carboxylic acids is 1. The molecule has 0 aliphatic carbocycles. The van der Waals surface area contributed by atoms with Gasteiger partial charge in [0.05, 0.1) is 12.6 Å². The Bertz CT molecular complexity index is 892. The van der Waals surface area contributed by atoms with Crippen LogP contribution in [-0.4, -0.2) is 18.6 Å². The van der Waals surface area contributed by atoms with E-state index < -0.39 is 0 Å². The van der Waals surface area contributed by atoms with Gasteiger partial charge in [0.2, 0.25) is 5.91 Å². The molecule has 0 saturated heterocycles. The third-order valence-corrected chi connectivity index (χ3v) is 4.03. The van der Waals surface area contributed by atoms with E-state index in [9.17, 15) is 4.79 Å². The zero-order valence-electron chi connectivity index (χ0n) is 16.7. The van der Waals surface area contributed by atoms with Crippen LogP contribution in [0.1, 0.15) is 19.4 Å². The number of amides is 1. The molecule has 0 fully saturated rings. The van der Waals surface area contributed by atoms with Crippen molar-refractivity contribution >= 4 is 11.6 Å². The average Bonchev–Trinajstić information content (AvgIpc) is 2.71. The summed E-state index contributed by atoms with van der Waals surface area (Å²) in [6, 6.07) is 24.7. The lowest BCUT2D eigenvalue weighted by atomic mass is 10.2. The monoisotopic (exact) mass is 390 g/mol. The van der Waals surface area contributed by atoms with E-state index in [1.165, 1.54) is 0 Å². The van der Waals surface area contributed by atoms with E-state index >= 15 is 0 Å². The highest BCUT2D eigenvalue weighted by molar-refractivity contribution is 5.92. The van der Waals surface area contributed by atoms with E-state index in [1.807, 2.05) is 92.7 Å². The van der Waals surface area contributed by atoms with Crippen molar-refractivity contribution in [2.24, 2.45) is 0 Å². The van der Waals surface area contributed by atoms with Gasteiger partial charge >= 0.3 is 0 Å². The van der Waals surface area contributed by atoms with Gasteiger partial charge in [-0.2, -0.15) is 0 Å². The van der Waals surface area contributed by atoms with Crippen molar-refractivity contribution in [1.29, 1.82) is 0 Å². The van der Waals surface area contributed by atoms with Crippen LogP contribution >= 0.6 is 0 Å². The Morgan fingerprint density at radius 1 is 0.828 bits per heavy atom. The van der Waals surface area contributed by atoms with Crippen LogP contribution in [0.5, 0.6) is 17.2 Å². The molecule has 0 aliphatic rings. The Balaban J connectivity index is 1.41. The molecular formula is C24H26N2O3. The zero-order chi connectivity index (χ0) is 20.5. The number of anilines is 1. The van der Waals surface area contributed by atoms with Gasteiger partial charge in [0.15, 0.2) is 0 Å². The lowest BCUT2D eigenvalue weighted by molar-refractivity contribution is -0.115. The van der Waals surface area contributed by atoms with Gasteiger partial charge in [0.1, 0.15) is 17.2 Å². The number of hydrogen-bond acceptors (Lipinski definition) is 4. The number of ether oxygens (including phenoxy) is 2. The normalized spacial score (nSPS) is 10.6. The smallest absolute Gasteiger partial charge is 0.238 e. The second-order valence-electron chi connectivity index (χ2n) is 6.90. The molecule has 5 nitrogen and oxygen atoms in total. The fourth-order valence-electron chi connectivity index (χ4n) is 2.71. The predicted octanol–water partition coefficient (Wildman–Crippen LogP) is 4.99. The Hall–Kier alpha value is -3.31. The number of benzene rings is 3. The van der Waals surface area contributed by atoms with E-state index in [2.05, 4.69) is 10.6 Å². The number of nitrogens with one attached hydrogen (secondary N) is 2. The molecule has 3 aromatic carbocycles. The highest BCUT2D eigenvalue weighted by Crippen LogP contribution is 2.22. The summed E-state index contributed by atoms with van der Waals surface area (Å²) in [5, 5.41) is 6.02. The maximum Gasteiger partial charge on any atom is 0.238 e. The quantitative estimate of drug-likeness (QED) is 0.540. The van der Waals surface area contributed by atoms with Crippen molar-refractivity contribution in [1.82, 2.24) is 5.32 Å². The first-order chi connectivity index (χ1) is 14.1. The fourth-order valence-corrected chi connectivity index (χ4v) is 2.71. The first-order valence-corrected chi connectivity index (χ1v) is 9.67. The molecule has 0 unspecified atom stereocenters. The van der Waals surface area contributed by atoms with Crippen molar-refractivity contribution < 1.29 is 14.3 Å². The summed E-state index contributed by atoms with van der Waals surface area (Å²) in [7, 11) is 0. The van der Waals surface area contributed by atoms with Gasteiger partial charge < -0.3 is 20.1 Å². The van der Waals surface area contributed by atoms with Gasteiger partial charge in [-0.3, -0.25) is 4.79 Å². The molecular weight excluding hydrogens is 364 g/mol. The molecule has 0 aromatic heterocycles. The molecule has 0 atom stereocenters. The summed E-state index contributed by atoms with van der Waals surface area (Å²) in [4.78, 5) is 12.1. The lowest BCUT2D eigenvalue weighted by Crippen LogP contribution is -2.27. The van der Waals surface area contributed by atoms with Crippen molar-refractivity contribution in [2.45, 2.75) is 26.5 Å². The minimum absolute atomic E-state index is 0.0958. The molecule has 0 bridgehead atoms. The SMILES string of the molecule is CC(C)Oc1ccc(CNCC(=O)Nc2ccc(Oc3ccccc3)cc2)cc1. The Morgan fingerprint density at radius 3 is 2.10 bits per heavy atom. The Morgan fingerprint density at radius 2 is 1.45 bits per heavy atom. The van der Waals surface area contributed by atoms with Crippen LogP contribution in [-0.2, 0) is 11.3 Å². The molecule has 0 heterocycles. The highest BCUT2D eigenvalue weighted by atomic mass is 16.5. The lowest BCUT2D eigenvalue weighted by Gasteiger charge is -2.11. The minimum atomic E-state index is -0.0958. The number of rotatable bonds is 9. The van der Waals surface area contributed by atoms with Gasteiger partial charge in [-0.05, 0) is 67.9 Å². The van der Waals surface area contributed by atoms with Crippen LogP contribution in [0.15, 0.2) is 78.9 Å². The van der Waals surface area contributed by atoms with E-state index in [-0.39, 0.29) is 18.6 Å². The fraction of sp³-hybridized carbons (Fsp3) is 0.208. The average molecular weight is 390 g/mol. The molecule has 0 spiro atoms. The molecule has 0 radical (unpaired) electrons. The maximum atomic E-state index is 12.1. The van der Waals surface area contributed by atoms with Crippen molar-refractivity contribution in [2.75, 3.05) is 11.9 Å². The van der Waals surface area contributed by atoms with Crippen LogP contribution in [0.4, 0.5) is 5.69 Å². The second kappa shape index (κ2) is 10.3. The van der Waals surface area contributed by atoms with Gasteiger partial charge in [-0.25, -0.2) is 0 Å². The van der Waals surface area contributed by atoms with Crippen LogP contribution in [0, 0.1) is 0 Å². The molecule has 3 aromatic rings. The molecule has 3 rings (SSSR count). The molecule has 0 saturated carbocycles. The van der Waals surface area contributed by atoms with E-state index in [0.717, 1.165) is 28.5 Å². The summed E-state index contributed by atoms with van der Waals surface area (Å²) in [6.45, 7) is 4.83. The second-order valence-corrected chi connectivity index (χ2v) is 6.90. The maximum absolute atomic E-state index is 12.1. The third kappa shape index (κ3) is 6.97. The number of hydrogen-bond donors (Lipinski definition) is 2. The molecule has 29 heavy (non-hydrogen) atoms. The topological polar surface area (TPSA) is 59.6 Å². The van der Waals surface area contributed by atoms with Crippen molar-refractivity contribution in [3.8, 4) is 17.2 Å². The van der Waals surface area contributed by atoms with Crippen molar-refractivity contribution in [3.05, 3.63) is 84.4 Å². The van der Waals surface area contributed by atoms with Gasteiger partial charge in [-0.15, -0.1) is 0 Å². The summed E-state index contributed by atoms with van der Waals surface area (Å²) >= 11 is 0. The van der Waals surface area contributed by atoms with Crippen LogP contribution < -0.4 is 20.1 Å². The molecule has 1 amide bonds. The summed E-state index contributed by atoms with van der Waals surface area (Å²) in [6.07, 6.45) is 0.154. The van der Waals surface area contributed by atoms with Crippen LogP contribution in [0.25, 0.3) is 0 Å². The molecule has 150 valence electrons. The summed E-state index contributed by atoms with van der Waals surface area (Å²) in [5.41, 5.74) is 1.82.